The Morgan fingerprint density at radius 2 is 2.17 bits per heavy atom. The summed E-state index contributed by atoms with van der Waals surface area (Å²) in [4.78, 5) is 26.7. The van der Waals surface area contributed by atoms with E-state index in [0.29, 0.717) is 5.16 Å². The van der Waals surface area contributed by atoms with Crippen LogP contribution in [0, 0.1) is 0 Å². The van der Waals surface area contributed by atoms with Gasteiger partial charge in [0.25, 0.3) is 0 Å². The van der Waals surface area contributed by atoms with Gasteiger partial charge in [-0.05, 0) is 44.2 Å². The van der Waals surface area contributed by atoms with E-state index >= 15 is 0 Å². The molecule has 6 nitrogen and oxygen atoms in total. The third-order valence-electron chi connectivity index (χ3n) is 4.59. The second-order valence-corrected chi connectivity index (χ2v) is 7.70. The SMILES string of the molecule is CC(Sc1n[nH]c(=O)n1C1CC1)C(=O)N1CCCc2ccccc21. The van der Waals surface area contributed by atoms with Crippen LogP contribution in [0.5, 0.6) is 0 Å². The summed E-state index contributed by atoms with van der Waals surface area (Å²) in [6.45, 7) is 2.64. The minimum atomic E-state index is -0.288. The van der Waals surface area contributed by atoms with Gasteiger partial charge in [0.15, 0.2) is 5.16 Å². The van der Waals surface area contributed by atoms with Crippen molar-refractivity contribution in [2.45, 2.75) is 49.1 Å². The molecular formula is C17H20N4O2S. The fraction of sp³-hybridized carbons (Fsp3) is 0.471. The second-order valence-electron chi connectivity index (χ2n) is 6.39. The predicted octanol–water partition coefficient (Wildman–Crippen LogP) is 2.37. The van der Waals surface area contributed by atoms with Crippen LogP contribution in [0.2, 0.25) is 0 Å². The number of fused-ring (bicyclic) bond motifs is 1. The molecule has 1 amide bonds. The lowest BCUT2D eigenvalue weighted by Gasteiger charge is -2.31. The number of thioether (sulfide) groups is 1. The first-order valence-corrected chi connectivity index (χ1v) is 9.26. The zero-order valence-electron chi connectivity index (χ0n) is 13.6. The highest BCUT2D eigenvalue weighted by atomic mass is 32.2. The molecule has 24 heavy (non-hydrogen) atoms. The molecule has 0 bridgehead atoms. The first kappa shape index (κ1) is 15.5. The number of benzene rings is 1. The molecule has 1 unspecified atom stereocenters. The highest BCUT2D eigenvalue weighted by Gasteiger charge is 2.32. The molecule has 7 heteroatoms. The minimum absolute atomic E-state index is 0.0740. The van der Waals surface area contributed by atoms with Crippen molar-refractivity contribution in [1.82, 2.24) is 14.8 Å². The van der Waals surface area contributed by atoms with Crippen LogP contribution in [0.15, 0.2) is 34.2 Å². The Morgan fingerprint density at radius 1 is 1.38 bits per heavy atom. The molecule has 1 aliphatic heterocycles. The van der Waals surface area contributed by atoms with Crippen molar-refractivity contribution in [3.8, 4) is 0 Å². The predicted molar refractivity (Wildman–Crippen MR) is 93.6 cm³/mol. The topological polar surface area (TPSA) is 71.0 Å². The number of carbonyl (C=O) groups excluding carboxylic acids is 1. The van der Waals surface area contributed by atoms with Gasteiger partial charge in [-0.1, -0.05) is 30.0 Å². The van der Waals surface area contributed by atoms with Crippen molar-refractivity contribution in [2.75, 3.05) is 11.4 Å². The number of H-pyrrole nitrogens is 1. The highest BCUT2D eigenvalue weighted by molar-refractivity contribution is 8.00. The lowest BCUT2D eigenvalue weighted by atomic mass is 10.0. The number of aryl methyl sites for hydroxylation is 1. The molecular weight excluding hydrogens is 324 g/mol. The molecule has 1 N–H and O–H groups in total. The van der Waals surface area contributed by atoms with E-state index in [1.807, 2.05) is 30.0 Å². The summed E-state index contributed by atoms with van der Waals surface area (Å²) in [5.74, 6) is 0.0740. The smallest absolute Gasteiger partial charge is 0.311 e. The average molecular weight is 344 g/mol. The molecule has 1 atom stereocenters. The Hall–Kier alpha value is -2.02. The lowest BCUT2D eigenvalue weighted by molar-refractivity contribution is -0.117. The minimum Gasteiger partial charge on any atom is -0.311 e. The van der Waals surface area contributed by atoms with E-state index in [-0.39, 0.29) is 22.9 Å². The Bertz CT molecular complexity index is 824. The monoisotopic (exact) mass is 344 g/mol. The Kier molecular flexibility index (Phi) is 3.96. The summed E-state index contributed by atoms with van der Waals surface area (Å²) in [5.41, 5.74) is 2.06. The molecule has 1 aromatic carbocycles. The van der Waals surface area contributed by atoms with Crippen molar-refractivity contribution in [2.24, 2.45) is 0 Å². The average Bonchev–Trinajstić information content (AvgIpc) is 3.37. The van der Waals surface area contributed by atoms with E-state index in [9.17, 15) is 9.59 Å². The summed E-state index contributed by atoms with van der Waals surface area (Å²) in [6.07, 6.45) is 4.01. The third-order valence-corrected chi connectivity index (χ3v) is 5.64. The molecule has 2 aromatic rings. The van der Waals surface area contributed by atoms with Crippen molar-refractivity contribution >= 4 is 23.4 Å². The molecule has 1 aromatic heterocycles. The quantitative estimate of drug-likeness (QED) is 0.865. The van der Waals surface area contributed by atoms with Gasteiger partial charge in [-0.3, -0.25) is 9.36 Å². The van der Waals surface area contributed by atoms with Gasteiger partial charge in [0.2, 0.25) is 5.91 Å². The number of nitrogens with zero attached hydrogens (tertiary/aromatic N) is 3. The molecule has 126 valence electrons. The van der Waals surface area contributed by atoms with Gasteiger partial charge >= 0.3 is 5.69 Å². The van der Waals surface area contributed by atoms with E-state index in [0.717, 1.165) is 37.9 Å². The van der Waals surface area contributed by atoms with Crippen molar-refractivity contribution < 1.29 is 4.79 Å². The van der Waals surface area contributed by atoms with Crippen molar-refractivity contribution in [3.05, 3.63) is 40.3 Å². The van der Waals surface area contributed by atoms with E-state index in [2.05, 4.69) is 16.3 Å². The molecule has 2 aliphatic rings. The number of aromatic nitrogens is 3. The standard InChI is InChI=1S/C17H20N4O2S/c1-11(24-17-19-18-16(23)21(17)13-8-9-13)15(22)20-10-4-6-12-5-2-3-7-14(12)20/h2-3,5,7,11,13H,4,6,8-10H2,1H3,(H,18,23). The zero-order chi connectivity index (χ0) is 16.7. The van der Waals surface area contributed by atoms with Gasteiger partial charge in [-0.25, -0.2) is 9.89 Å². The Labute approximate surface area is 144 Å². The van der Waals surface area contributed by atoms with Crippen LogP contribution in [0.25, 0.3) is 0 Å². The first-order chi connectivity index (χ1) is 11.6. The van der Waals surface area contributed by atoms with Crippen molar-refractivity contribution in [1.29, 1.82) is 0 Å². The molecule has 0 radical (unpaired) electrons. The number of aromatic amines is 1. The number of rotatable bonds is 4. The number of carbonyl (C=O) groups is 1. The molecule has 0 spiro atoms. The van der Waals surface area contributed by atoms with Crippen molar-refractivity contribution in [3.63, 3.8) is 0 Å². The normalized spacial score (nSPS) is 18.3. The third kappa shape index (κ3) is 2.77. The zero-order valence-corrected chi connectivity index (χ0v) is 14.4. The number of para-hydroxylation sites is 1. The van der Waals surface area contributed by atoms with Crippen LogP contribution >= 0.6 is 11.8 Å². The molecule has 2 heterocycles. The summed E-state index contributed by atoms with van der Waals surface area (Å²) < 4.78 is 1.69. The largest absolute Gasteiger partial charge is 0.344 e. The fourth-order valence-electron chi connectivity index (χ4n) is 3.22. The van der Waals surface area contributed by atoms with E-state index in [4.69, 9.17) is 0 Å². The van der Waals surface area contributed by atoms with Crippen LogP contribution in [-0.4, -0.2) is 32.5 Å². The van der Waals surface area contributed by atoms with E-state index in [1.54, 1.807) is 4.57 Å². The van der Waals surface area contributed by atoms with Crippen LogP contribution in [0.4, 0.5) is 5.69 Å². The number of hydrogen-bond donors (Lipinski definition) is 1. The van der Waals surface area contributed by atoms with E-state index in [1.165, 1.54) is 17.3 Å². The number of anilines is 1. The molecule has 4 rings (SSSR count). The van der Waals surface area contributed by atoms with E-state index < -0.39 is 0 Å². The second kappa shape index (κ2) is 6.12. The molecule has 1 saturated carbocycles. The molecule has 1 fully saturated rings. The summed E-state index contributed by atoms with van der Waals surface area (Å²) in [5, 5.41) is 6.95. The molecule has 1 aliphatic carbocycles. The number of amides is 1. The highest BCUT2D eigenvalue weighted by Crippen LogP contribution is 2.37. The van der Waals surface area contributed by atoms with Crippen LogP contribution in [-0.2, 0) is 11.2 Å². The van der Waals surface area contributed by atoms with Gasteiger partial charge in [-0.2, -0.15) is 0 Å². The maximum Gasteiger partial charge on any atom is 0.344 e. The van der Waals surface area contributed by atoms with Gasteiger partial charge in [-0.15, -0.1) is 5.10 Å². The van der Waals surface area contributed by atoms with Gasteiger partial charge < -0.3 is 4.90 Å². The first-order valence-electron chi connectivity index (χ1n) is 8.38. The summed E-state index contributed by atoms with van der Waals surface area (Å²) in [7, 11) is 0. The lowest BCUT2D eigenvalue weighted by Crippen LogP contribution is -2.40. The summed E-state index contributed by atoms with van der Waals surface area (Å²) in [6, 6.07) is 8.34. The Balaban J connectivity index is 1.54. The fourth-order valence-corrected chi connectivity index (χ4v) is 4.21. The van der Waals surface area contributed by atoms with Crippen LogP contribution < -0.4 is 10.6 Å². The van der Waals surface area contributed by atoms with Gasteiger partial charge in [0.05, 0.1) is 5.25 Å². The maximum atomic E-state index is 12.9. The van der Waals surface area contributed by atoms with Gasteiger partial charge in [0.1, 0.15) is 0 Å². The number of hydrogen-bond acceptors (Lipinski definition) is 4. The molecule has 0 saturated heterocycles. The van der Waals surface area contributed by atoms with Crippen LogP contribution in [0.3, 0.4) is 0 Å². The summed E-state index contributed by atoms with van der Waals surface area (Å²) >= 11 is 1.37. The maximum absolute atomic E-state index is 12.9. The number of nitrogens with one attached hydrogen (secondary N) is 1. The Morgan fingerprint density at radius 3 is 2.96 bits per heavy atom. The van der Waals surface area contributed by atoms with Crippen LogP contribution in [0.1, 0.15) is 37.8 Å². The van der Waals surface area contributed by atoms with Gasteiger partial charge in [0, 0.05) is 18.3 Å².